The van der Waals surface area contributed by atoms with Crippen LogP contribution in [0.3, 0.4) is 0 Å². The third-order valence-corrected chi connectivity index (χ3v) is 3.39. The number of aromatic nitrogens is 1. The highest BCUT2D eigenvalue weighted by molar-refractivity contribution is 5.26. The maximum Gasteiger partial charge on any atom is 0.251 e. The quantitative estimate of drug-likeness (QED) is 0.805. The Kier molecular flexibility index (Phi) is 4.02. The Morgan fingerprint density at radius 3 is 2.94 bits per heavy atom. The summed E-state index contributed by atoms with van der Waals surface area (Å²) in [6.07, 6.45) is 3.29. The second-order valence-corrected chi connectivity index (χ2v) is 5.37. The number of hydrogen-bond donors (Lipinski definition) is 1. The summed E-state index contributed by atoms with van der Waals surface area (Å²) in [6, 6.07) is 4.11. The van der Waals surface area contributed by atoms with E-state index in [4.69, 9.17) is 0 Å². The van der Waals surface area contributed by atoms with Crippen LogP contribution >= 0.6 is 0 Å². The molecule has 0 radical (unpaired) electrons. The van der Waals surface area contributed by atoms with Crippen LogP contribution in [0.1, 0.15) is 31.5 Å². The Labute approximate surface area is 109 Å². The van der Waals surface area contributed by atoms with E-state index in [0.717, 1.165) is 31.4 Å². The Morgan fingerprint density at radius 1 is 1.44 bits per heavy atom. The van der Waals surface area contributed by atoms with E-state index in [1.165, 1.54) is 11.3 Å². The highest BCUT2D eigenvalue weighted by Gasteiger charge is 2.15. The molecule has 98 valence electrons. The molecule has 0 saturated heterocycles. The predicted octanol–water partition coefficient (Wildman–Crippen LogP) is 1.89. The van der Waals surface area contributed by atoms with Gasteiger partial charge in [-0.2, -0.15) is 0 Å². The molecule has 0 atom stereocenters. The number of fused-ring (bicyclic) bond motifs is 1. The summed E-state index contributed by atoms with van der Waals surface area (Å²) < 4.78 is 1.90. The highest BCUT2D eigenvalue weighted by Crippen LogP contribution is 2.20. The van der Waals surface area contributed by atoms with E-state index in [1.54, 1.807) is 6.07 Å². The SMILES string of the molecule is C=C(CNC(C)C)Cn1c2c(ccc1=O)CCC2. The maximum atomic E-state index is 12.0. The predicted molar refractivity (Wildman–Crippen MR) is 75.0 cm³/mol. The smallest absolute Gasteiger partial charge is 0.251 e. The molecular weight excluding hydrogens is 224 g/mol. The van der Waals surface area contributed by atoms with Gasteiger partial charge in [0.2, 0.25) is 0 Å². The molecule has 1 N–H and O–H groups in total. The molecule has 18 heavy (non-hydrogen) atoms. The Bertz CT molecular complexity index is 500. The Balaban J connectivity index is 2.12. The number of pyridine rings is 1. The van der Waals surface area contributed by atoms with Gasteiger partial charge in [0.05, 0.1) is 0 Å². The molecule has 3 heteroatoms. The standard InChI is InChI=1S/C15H22N2O/c1-11(2)16-9-12(3)10-17-14-6-4-5-13(14)7-8-15(17)18/h7-8,11,16H,3-6,9-10H2,1-2H3. The van der Waals surface area contributed by atoms with Crippen LogP contribution in [-0.2, 0) is 19.4 Å². The lowest BCUT2D eigenvalue weighted by molar-refractivity contribution is 0.594. The summed E-state index contributed by atoms with van der Waals surface area (Å²) in [6.45, 7) is 9.70. The molecule has 1 aliphatic rings. The van der Waals surface area contributed by atoms with E-state index in [0.29, 0.717) is 12.6 Å². The first-order chi connectivity index (χ1) is 8.58. The van der Waals surface area contributed by atoms with Gasteiger partial charge in [0.1, 0.15) is 0 Å². The molecule has 0 aromatic carbocycles. The van der Waals surface area contributed by atoms with Crippen molar-refractivity contribution in [3.05, 3.63) is 45.9 Å². The van der Waals surface area contributed by atoms with Crippen molar-refractivity contribution in [3.8, 4) is 0 Å². The van der Waals surface area contributed by atoms with Crippen LogP contribution in [0.2, 0.25) is 0 Å². The van der Waals surface area contributed by atoms with E-state index >= 15 is 0 Å². The zero-order valence-corrected chi connectivity index (χ0v) is 11.3. The number of nitrogens with zero attached hydrogens (tertiary/aromatic N) is 1. The molecule has 0 spiro atoms. The van der Waals surface area contributed by atoms with E-state index in [-0.39, 0.29) is 5.56 Å². The fourth-order valence-corrected chi connectivity index (χ4v) is 2.44. The lowest BCUT2D eigenvalue weighted by Gasteiger charge is -2.15. The highest BCUT2D eigenvalue weighted by atomic mass is 16.1. The summed E-state index contributed by atoms with van der Waals surface area (Å²) in [5, 5.41) is 3.34. The molecular formula is C15H22N2O. The maximum absolute atomic E-state index is 12.0. The van der Waals surface area contributed by atoms with Crippen molar-refractivity contribution in [1.82, 2.24) is 9.88 Å². The molecule has 0 bridgehead atoms. The average molecular weight is 246 g/mol. The molecule has 0 fully saturated rings. The first-order valence-corrected chi connectivity index (χ1v) is 6.69. The van der Waals surface area contributed by atoms with Crippen LogP contribution in [0.15, 0.2) is 29.1 Å². The molecule has 3 nitrogen and oxygen atoms in total. The molecule has 2 rings (SSSR count). The Hall–Kier alpha value is -1.35. The lowest BCUT2D eigenvalue weighted by atomic mass is 10.2. The van der Waals surface area contributed by atoms with Gasteiger partial charge in [-0.25, -0.2) is 0 Å². The minimum Gasteiger partial charge on any atom is -0.311 e. The lowest BCUT2D eigenvalue weighted by Crippen LogP contribution is -2.29. The van der Waals surface area contributed by atoms with Crippen LogP contribution in [-0.4, -0.2) is 17.2 Å². The van der Waals surface area contributed by atoms with Gasteiger partial charge in [0.25, 0.3) is 5.56 Å². The number of hydrogen-bond acceptors (Lipinski definition) is 2. The first-order valence-electron chi connectivity index (χ1n) is 6.69. The van der Waals surface area contributed by atoms with E-state index in [2.05, 4.69) is 25.7 Å². The van der Waals surface area contributed by atoms with Gasteiger partial charge in [-0.05, 0) is 30.4 Å². The molecule has 0 amide bonds. The summed E-state index contributed by atoms with van der Waals surface area (Å²) in [4.78, 5) is 12.0. The van der Waals surface area contributed by atoms with Crippen LogP contribution in [0.25, 0.3) is 0 Å². The van der Waals surface area contributed by atoms with Crippen molar-refractivity contribution >= 4 is 0 Å². The normalized spacial score (nSPS) is 13.9. The number of aryl methyl sites for hydroxylation is 1. The zero-order chi connectivity index (χ0) is 13.1. The third kappa shape index (κ3) is 2.91. The topological polar surface area (TPSA) is 34.0 Å². The second-order valence-electron chi connectivity index (χ2n) is 5.37. The summed E-state index contributed by atoms with van der Waals surface area (Å²) in [5.41, 5.74) is 3.71. The van der Waals surface area contributed by atoms with Crippen molar-refractivity contribution in [1.29, 1.82) is 0 Å². The van der Waals surface area contributed by atoms with E-state index in [9.17, 15) is 4.79 Å². The third-order valence-electron chi connectivity index (χ3n) is 3.39. The number of rotatable bonds is 5. The Morgan fingerprint density at radius 2 is 2.22 bits per heavy atom. The van der Waals surface area contributed by atoms with Gasteiger partial charge in [-0.1, -0.05) is 26.5 Å². The zero-order valence-electron chi connectivity index (χ0n) is 11.3. The van der Waals surface area contributed by atoms with Crippen molar-refractivity contribution in [2.24, 2.45) is 0 Å². The van der Waals surface area contributed by atoms with E-state index < -0.39 is 0 Å². The summed E-state index contributed by atoms with van der Waals surface area (Å²) in [7, 11) is 0. The van der Waals surface area contributed by atoms with Crippen LogP contribution in [0.4, 0.5) is 0 Å². The molecule has 1 heterocycles. The fraction of sp³-hybridized carbons (Fsp3) is 0.533. The van der Waals surface area contributed by atoms with Gasteiger partial charge in [-0.3, -0.25) is 4.79 Å². The van der Waals surface area contributed by atoms with Crippen molar-refractivity contribution in [2.75, 3.05) is 6.54 Å². The van der Waals surface area contributed by atoms with Crippen LogP contribution < -0.4 is 10.9 Å². The molecule has 1 aliphatic carbocycles. The van der Waals surface area contributed by atoms with Gasteiger partial charge < -0.3 is 9.88 Å². The molecule has 1 aromatic rings. The largest absolute Gasteiger partial charge is 0.311 e. The minimum absolute atomic E-state index is 0.0985. The fourth-order valence-electron chi connectivity index (χ4n) is 2.44. The monoisotopic (exact) mass is 246 g/mol. The van der Waals surface area contributed by atoms with Gasteiger partial charge in [-0.15, -0.1) is 0 Å². The van der Waals surface area contributed by atoms with Crippen molar-refractivity contribution in [2.45, 2.75) is 45.7 Å². The van der Waals surface area contributed by atoms with Gasteiger partial charge >= 0.3 is 0 Å². The molecule has 0 saturated carbocycles. The second kappa shape index (κ2) is 5.53. The van der Waals surface area contributed by atoms with E-state index in [1.807, 2.05) is 10.6 Å². The minimum atomic E-state index is 0.0985. The van der Waals surface area contributed by atoms with Gasteiger partial charge in [0, 0.05) is 30.9 Å². The summed E-state index contributed by atoms with van der Waals surface area (Å²) in [5.74, 6) is 0. The van der Waals surface area contributed by atoms with Crippen molar-refractivity contribution < 1.29 is 0 Å². The van der Waals surface area contributed by atoms with Crippen LogP contribution in [0, 0.1) is 0 Å². The number of nitrogens with one attached hydrogen (secondary N) is 1. The molecule has 1 aromatic heterocycles. The molecule has 0 aliphatic heterocycles. The summed E-state index contributed by atoms with van der Waals surface area (Å²) >= 11 is 0. The first kappa shape index (κ1) is 13.1. The average Bonchev–Trinajstić information content (AvgIpc) is 2.78. The van der Waals surface area contributed by atoms with Crippen LogP contribution in [0.5, 0.6) is 0 Å². The van der Waals surface area contributed by atoms with Crippen molar-refractivity contribution in [3.63, 3.8) is 0 Å². The van der Waals surface area contributed by atoms with Gasteiger partial charge in [0.15, 0.2) is 0 Å². The molecule has 0 unspecified atom stereocenters.